The molecular weight excluding hydrogens is 234 g/mol. The van der Waals surface area contributed by atoms with Gasteiger partial charge in [0.25, 0.3) is 0 Å². The zero-order valence-corrected chi connectivity index (χ0v) is 10.6. The van der Waals surface area contributed by atoms with E-state index in [2.05, 4.69) is 4.90 Å². The molecule has 0 saturated carbocycles. The van der Waals surface area contributed by atoms with Crippen LogP contribution in [0.1, 0.15) is 29.7 Å². The Bertz CT molecular complexity index is 401. The number of carbonyl (C=O) groups is 1. The van der Waals surface area contributed by atoms with Crippen LogP contribution < -0.4 is 0 Å². The third kappa shape index (κ3) is 3.11. The molecule has 2 heterocycles. The first kappa shape index (κ1) is 13.1. The quantitative estimate of drug-likeness (QED) is 0.801. The van der Waals surface area contributed by atoms with Gasteiger partial charge in [-0.25, -0.2) is 4.79 Å². The number of hydrogen-bond acceptors (Lipinski definition) is 5. The van der Waals surface area contributed by atoms with Crippen molar-refractivity contribution >= 4 is 5.97 Å². The van der Waals surface area contributed by atoms with Crippen LogP contribution in [-0.2, 0) is 11.3 Å². The molecule has 1 fully saturated rings. The molecule has 1 aliphatic heterocycles. The number of aliphatic hydroxyl groups is 1. The predicted molar refractivity (Wildman–Crippen MR) is 65.1 cm³/mol. The van der Waals surface area contributed by atoms with Crippen LogP contribution in [0.4, 0.5) is 0 Å². The molecule has 1 aliphatic rings. The second-order valence-corrected chi connectivity index (χ2v) is 4.56. The minimum Gasteiger partial charge on any atom is -0.460 e. The number of esters is 1. The standard InChI is InChI=1S/C13H19NO4/c1-2-17-13(16)12-4-3-11(18-12)8-14-6-5-10(7-14)9-15/h3-4,10,15H,2,5-9H2,1H3. The normalized spacial score (nSPS) is 20.2. The van der Waals surface area contributed by atoms with Gasteiger partial charge >= 0.3 is 5.97 Å². The Labute approximate surface area is 106 Å². The van der Waals surface area contributed by atoms with Gasteiger partial charge in [-0.1, -0.05) is 0 Å². The lowest BCUT2D eigenvalue weighted by Crippen LogP contribution is -2.20. The molecule has 18 heavy (non-hydrogen) atoms. The molecular formula is C13H19NO4. The van der Waals surface area contributed by atoms with Gasteiger partial charge in [0.1, 0.15) is 5.76 Å². The number of carbonyl (C=O) groups excluding carboxylic acids is 1. The fraction of sp³-hybridized carbons (Fsp3) is 0.615. The Morgan fingerprint density at radius 1 is 1.61 bits per heavy atom. The van der Waals surface area contributed by atoms with E-state index in [1.807, 2.05) is 0 Å². The molecule has 1 unspecified atom stereocenters. The molecule has 100 valence electrons. The monoisotopic (exact) mass is 253 g/mol. The Balaban J connectivity index is 1.89. The second-order valence-electron chi connectivity index (χ2n) is 4.56. The Morgan fingerprint density at radius 2 is 2.44 bits per heavy atom. The molecule has 1 aromatic rings. The van der Waals surface area contributed by atoms with Crippen LogP contribution in [0.25, 0.3) is 0 Å². The zero-order chi connectivity index (χ0) is 13.0. The third-order valence-corrected chi connectivity index (χ3v) is 3.15. The fourth-order valence-electron chi connectivity index (χ4n) is 2.20. The smallest absolute Gasteiger partial charge is 0.374 e. The summed E-state index contributed by atoms with van der Waals surface area (Å²) in [6.45, 7) is 4.87. The molecule has 0 radical (unpaired) electrons. The van der Waals surface area contributed by atoms with E-state index in [4.69, 9.17) is 14.3 Å². The molecule has 0 aromatic carbocycles. The van der Waals surface area contributed by atoms with Crippen molar-refractivity contribution in [3.63, 3.8) is 0 Å². The average Bonchev–Trinajstić information content (AvgIpc) is 2.99. The SMILES string of the molecule is CCOC(=O)c1ccc(CN2CCC(CO)C2)o1. The lowest BCUT2D eigenvalue weighted by atomic mass is 10.1. The summed E-state index contributed by atoms with van der Waals surface area (Å²) in [7, 11) is 0. The molecule has 0 bridgehead atoms. The van der Waals surface area contributed by atoms with Crippen LogP contribution in [0.15, 0.2) is 16.5 Å². The summed E-state index contributed by atoms with van der Waals surface area (Å²) in [6.07, 6.45) is 1.02. The van der Waals surface area contributed by atoms with E-state index in [-0.39, 0.29) is 12.4 Å². The van der Waals surface area contributed by atoms with Gasteiger partial charge in [-0.2, -0.15) is 0 Å². The van der Waals surface area contributed by atoms with E-state index in [0.717, 1.165) is 25.3 Å². The molecule has 1 atom stereocenters. The van der Waals surface area contributed by atoms with Gasteiger partial charge < -0.3 is 14.3 Å². The highest BCUT2D eigenvalue weighted by Gasteiger charge is 2.23. The van der Waals surface area contributed by atoms with Gasteiger partial charge in [0.2, 0.25) is 5.76 Å². The molecule has 0 spiro atoms. The summed E-state index contributed by atoms with van der Waals surface area (Å²) in [4.78, 5) is 13.6. The Hall–Kier alpha value is -1.33. The van der Waals surface area contributed by atoms with Crippen LogP contribution in [0, 0.1) is 5.92 Å². The maximum Gasteiger partial charge on any atom is 0.374 e. The molecule has 1 N–H and O–H groups in total. The first-order chi connectivity index (χ1) is 8.72. The summed E-state index contributed by atoms with van der Waals surface area (Å²) in [5.74, 6) is 0.962. The molecule has 1 saturated heterocycles. The molecule has 5 nitrogen and oxygen atoms in total. The molecule has 5 heteroatoms. The van der Waals surface area contributed by atoms with Crippen molar-refractivity contribution in [2.75, 3.05) is 26.3 Å². The van der Waals surface area contributed by atoms with E-state index < -0.39 is 5.97 Å². The van der Waals surface area contributed by atoms with Crippen molar-refractivity contribution in [1.82, 2.24) is 4.90 Å². The van der Waals surface area contributed by atoms with E-state index in [1.54, 1.807) is 19.1 Å². The summed E-state index contributed by atoms with van der Waals surface area (Å²) in [6, 6.07) is 3.45. The highest BCUT2D eigenvalue weighted by atomic mass is 16.5. The largest absolute Gasteiger partial charge is 0.460 e. The van der Waals surface area contributed by atoms with E-state index >= 15 is 0 Å². The fourth-order valence-corrected chi connectivity index (χ4v) is 2.20. The number of likely N-dealkylation sites (tertiary alicyclic amines) is 1. The number of hydrogen-bond donors (Lipinski definition) is 1. The summed E-state index contributed by atoms with van der Waals surface area (Å²) in [5, 5.41) is 9.07. The first-order valence-corrected chi connectivity index (χ1v) is 6.32. The third-order valence-electron chi connectivity index (χ3n) is 3.15. The maximum absolute atomic E-state index is 11.4. The number of rotatable bonds is 5. The van der Waals surface area contributed by atoms with Crippen LogP contribution >= 0.6 is 0 Å². The topological polar surface area (TPSA) is 62.9 Å². The minimum atomic E-state index is -0.418. The summed E-state index contributed by atoms with van der Waals surface area (Å²) < 4.78 is 10.3. The minimum absolute atomic E-state index is 0.239. The highest BCUT2D eigenvalue weighted by molar-refractivity contribution is 5.86. The maximum atomic E-state index is 11.4. The highest BCUT2D eigenvalue weighted by Crippen LogP contribution is 2.19. The van der Waals surface area contributed by atoms with Gasteiger partial charge in [-0.15, -0.1) is 0 Å². The molecule has 2 rings (SSSR count). The predicted octanol–water partition coefficient (Wildman–Crippen LogP) is 1.27. The Morgan fingerprint density at radius 3 is 3.11 bits per heavy atom. The second kappa shape index (κ2) is 6.02. The lowest BCUT2D eigenvalue weighted by molar-refractivity contribution is 0.0486. The molecule has 0 aliphatic carbocycles. The lowest BCUT2D eigenvalue weighted by Gasteiger charge is -2.13. The van der Waals surface area contributed by atoms with Crippen molar-refractivity contribution in [3.05, 3.63) is 23.7 Å². The van der Waals surface area contributed by atoms with E-state index in [0.29, 0.717) is 19.1 Å². The van der Waals surface area contributed by atoms with Crippen molar-refractivity contribution in [3.8, 4) is 0 Å². The van der Waals surface area contributed by atoms with E-state index in [9.17, 15) is 4.79 Å². The number of ether oxygens (including phenoxy) is 1. The van der Waals surface area contributed by atoms with Crippen molar-refractivity contribution < 1.29 is 19.1 Å². The average molecular weight is 253 g/mol. The molecule has 1 aromatic heterocycles. The number of furan rings is 1. The Kier molecular flexibility index (Phi) is 4.38. The van der Waals surface area contributed by atoms with Crippen molar-refractivity contribution in [2.24, 2.45) is 5.92 Å². The van der Waals surface area contributed by atoms with E-state index in [1.165, 1.54) is 0 Å². The summed E-state index contributed by atoms with van der Waals surface area (Å²) in [5.41, 5.74) is 0. The zero-order valence-electron chi connectivity index (χ0n) is 10.6. The van der Waals surface area contributed by atoms with Crippen LogP contribution in [0.3, 0.4) is 0 Å². The summed E-state index contributed by atoms with van der Waals surface area (Å²) >= 11 is 0. The van der Waals surface area contributed by atoms with Crippen LogP contribution in [0.2, 0.25) is 0 Å². The van der Waals surface area contributed by atoms with Crippen LogP contribution in [-0.4, -0.2) is 42.3 Å². The van der Waals surface area contributed by atoms with Gasteiger partial charge in [0.15, 0.2) is 0 Å². The first-order valence-electron chi connectivity index (χ1n) is 6.32. The van der Waals surface area contributed by atoms with Gasteiger partial charge in [-0.05, 0) is 37.9 Å². The van der Waals surface area contributed by atoms with Crippen molar-refractivity contribution in [2.45, 2.75) is 19.9 Å². The number of nitrogens with zero attached hydrogens (tertiary/aromatic N) is 1. The van der Waals surface area contributed by atoms with Gasteiger partial charge in [0.05, 0.1) is 13.2 Å². The number of aliphatic hydroxyl groups excluding tert-OH is 1. The van der Waals surface area contributed by atoms with Gasteiger partial charge in [-0.3, -0.25) is 4.90 Å². The van der Waals surface area contributed by atoms with Crippen molar-refractivity contribution in [1.29, 1.82) is 0 Å². The van der Waals surface area contributed by atoms with Crippen LogP contribution in [0.5, 0.6) is 0 Å². The van der Waals surface area contributed by atoms with Gasteiger partial charge in [0, 0.05) is 13.2 Å². The molecule has 0 amide bonds.